The number of piperidine rings is 1. The SMILES string of the molecule is CC(C)(C)n1c(C2CCNCC2)nc2ccccc21. The molecule has 1 N–H and O–H groups in total. The number of benzene rings is 1. The van der Waals surface area contributed by atoms with Crippen molar-refractivity contribution in [3.8, 4) is 0 Å². The molecular formula is C16H23N3. The lowest BCUT2D eigenvalue weighted by molar-refractivity contribution is 0.359. The molecule has 3 nitrogen and oxygen atoms in total. The molecule has 0 saturated carbocycles. The van der Waals surface area contributed by atoms with Gasteiger partial charge in [0.05, 0.1) is 11.0 Å². The average molecular weight is 257 g/mol. The van der Waals surface area contributed by atoms with Crippen molar-refractivity contribution in [3.05, 3.63) is 30.1 Å². The van der Waals surface area contributed by atoms with E-state index >= 15 is 0 Å². The molecule has 0 radical (unpaired) electrons. The van der Waals surface area contributed by atoms with Gasteiger partial charge in [0, 0.05) is 11.5 Å². The monoisotopic (exact) mass is 257 g/mol. The van der Waals surface area contributed by atoms with Crippen LogP contribution in [0.1, 0.15) is 45.4 Å². The summed E-state index contributed by atoms with van der Waals surface area (Å²) in [5.41, 5.74) is 2.48. The number of hydrogen-bond donors (Lipinski definition) is 1. The average Bonchev–Trinajstić information content (AvgIpc) is 2.79. The van der Waals surface area contributed by atoms with Crippen LogP contribution in [-0.2, 0) is 5.54 Å². The lowest BCUT2D eigenvalue weighted by Crippen LogP contribution is -2.31. The molecule has 1 saturated heterocycles. The summed E-state index contributed by atoms with van der Waals surface area (Å²) < 4.78 is 2.44. The first-order chi connectivity index (χ1) is 9.07. The van der Waals surface area contributed by atoms with Crippen LogP contribution in [0.3, 0.4) is 0 Å². The molecule has 1 fully saturated rings. The Hall–Kier alpha value is -1.35. The first kappa shape index (κ1) is 12.7. The Balaban J connectivity index is 2.17. The highest BCUT2D eigenvalue weighted by atomic mass is 15.1. The number of nitrogens with zero attached hydrogens (tertiary/aromatic N) is 2. The number of fused-ring (bicyclic) bond motifs is 1. The molecule has 1 aromatic heterocycles. The van der Waals surface area contributed by atoms with Gasteiger partial charge in [-0.3, -0.25) is 0 Å². The summed E-state index contributed by atoms with van der Waals surface area (Å²) in [4.78, 5) is 4.94. The van der Waals surface area contributed by atoms with E-state index in [0.29, 0.717) is 5.92 Å². The molecule has 19 heavy (non-hydrogen) atoms. The fourth-order valence-corrected chi connectivity index (χ4v) is 3.10. The third-order valence-corrected chi connectivity index (χ3v) is 3.96. The molecule has 0 spiro atoms. The van der Waals surface area contributed by atoms with Crippen LogP contribution >= 0.6 is 0 Å². The minimum atomic E-state index is 0.0797. The molecule has 1 aliphatic heterocycles. The molecule has 2 aromatic rings. The molecule has 102 valence electrons. The van der Waals surface area contributed by atoms with Crippen LogP contribution in [0.5, 0.6) is 0 Å². The van der Waals surface area contributed by atoms with Gasteiger partial charge in [-0.1, -0.05) is 12.1 Å². The van der Waals surface area contributed by atoms with Crippen LogP contribution in [0.2, 0.25) is 0 Å². The minimum Gasteiger partial charge on any atom is -0.322 e. The van der Waals surface area contributed by atoms with E-state index in [-0.39, 0.29) is 5.54 Å². The molecule has 1 aromatic carbocycles. The van der Waals surface area contributed by atoms with E-state index in [1.54, 1.807) is 0 Å². The third kappa shape index (κ3) is 2.27. The van der Waals surface area contributed by atoms with E-state index < -0.39 is 0 Å². The van der Waals surface area contributed by atoms with Crippen LogP contribution in [0.4, 0.5) is 0 Å². The van der Waals surface area contributed by atoms with Crippen molar-refractivity contribution >= 4 is 11.0 Å². The fraction of sp³-hybridized carbons (Fsp3) is 0.562. The number of imidazole rings is 1. The van der Waals surface area contributed by atoms with Crippen LogP contribution in [0.15, 0.2) is 24.3 Å². The molecule has 3 rings (SSSR count). The summed E-state index contributed by atoms with van der Waals surface area (Å²) in [6, 6.07) is 8.51. The smallest absolute Gasteiger partial charge is 0.113 e. The fourth-order valence-electron chi connectivity index (χ4n) is 3.10. The van der Waals surface area contributed by atoms with E-state index in [0.717, 1.165) is 18.6 Å². The van der Waals surface area contributed by atoms with E-state index in [4.69, 9.17) is 4.98 Å². The minimum absolute atomic E-state index is 0.0797. The Kier molecular flexibility index (Phi) is 3.09. The number of aromatic nitrogens is 2. The van der Waals surface area contributed by atoms with E-state index in [2.05, 4.69) is 54.9 Å². The Labute approximate surface area is 115 Å². The number of nitrogens with one attached hydrogen (secondary N) is 1. The van der Waals surface area contributed by atoms with Crippen LogP contribution in [0.25, 0.3) is 11.0 Å². The summed E-state index contributed by atoms with van der Waals surface area (Å²) >= 11 is 0. The van der Waals surface area contributed by atoms with Crippen molar-refractivity contribution in [1.82, 2.24) is 14.9 Å². The van der Waals surface area contributed by atoms with Gasteiger partial charge < -0.3 is 9.88 Å². The zero-order valence-corrected chi connectivity index (χ0v) is 12.1. The first-order valence-electron chi connectivity index (χ1n) is 7.26. The lowest BCUT2D eigenvalue weighted by atomic mass is 9.96. The van der Waals surface area contributed by atoms with Gasteiger partial charge in [0.1, 0.15) is 5.82 Å². The quantitative estimate of drug-likeness (QED) is 0.850. The molecule has 1 aliphatic rings. The zero-order chi connectivity index (χ0) is 13.5. The number of para-hydroxylation sites is 2. The second-order valence-corrected chi connectivity index (χ2v) is 6.49. The Morgan fingerprint density at radius 1 is 1.16 bits per heavy atom. The third-order valence-electron chi connectivity index (χ3n) is 3.96. The van der Waals surface area contributed by atoms with Crippen LogP contribution in [0, 0.1) is 0 Å². The second kappa shape index (κ2) is 4.64. The van der Waals surface area contributed by atoms with Crippen molar-refractivity contribution in [2.45, 2.75) is 45.1 Å². The predicted octanol–water partition coefficient (Wildman–Crippen LogP) is 3.26. The van der Waals surface area contributed by atoms with Crippen molar-refractivity contribution in [2.75, 3.05) is 13.1 Å². The highest BCUT2D eigenvalue weighted by Gasteiger charge is 2.27. The van der Waals surface area contributed by atoms with E-state index in [1.165, 1.54) is 24.2 Å². The van der Waals surface area contributed by atoms with Gasteiger partial charge in [0.15, 0.2) is 0 Å². The summed E-state index contributed by atoms with van der Waals surface area (Å²) in [5, 5.41) is 3.44. The number of rotatable bonds is 1. The van der Waals surface area contributed by atoms with Crippen molar-refractivity contribution in [1.29, 1.82) is 0 Å². The highest BCUT2D eigenvalue weighted by molar-refractivity contribution is 5.76. The maximum absolute atomic E-state index is 4.94. The molecule has 0 unspecified atom stereocenters. The molecule has 3 heteroatoms. The van der Waals surface area contributed by atoms with Gasteiger partial charge in [-0.2, -0.15) is 0 Å². The molecule has 2 heterocycles. The summed E-state index contributed by atoms with van der Waals surface area (Å²) in [6.45, 7) is 9.03. The maximum Gasteiger partial charge on any atom is 0.113 e. The Morgan fingerprint density at radius 3 is 2.53 bits per heavy atom. The molecule has 0 aliphatic carbocycles. The van der Waals surface area contributed by atoms with Gasteiger partial charge in [-0.15, -0.1) is 0 Å². The zero-order valence-electron chi connectivity index (χ0n) is 12.1. The van der Waals surface area contributed by atoms with E-state index in [1.807, 2.05) is 0 Å². The summed E-state index contributed by atoms with van der Waals surface area (Å²) in [7, 11) is 0. The Bertz CT molecular complexity index is 571. The molecular weight excluding hydrogens is 234 g/mol. The van der Waals surface area contributed by atoms with Crippen LogP contribution in [-0.4, -0.2) is 22.6 Å². The highest BCUT2D eigenvalue weighted by Crippen LogP contribution is 2.32. The largest absolute Gasteiger partial charge is 0.322 e. The molecule has 0 bridgehead atoms. The number of hydrogen-bond acceptors (Lipinski definition) is 2. The standard InChI is InChI=1S/C16H23N3/c1-16(2,3)19-14-7-5-4-6-13(14)18-15(19)12-8-10-17-11-9-12/h4-7,12,17H,8-11H2,1-3H3. The van der Waals surface area contributed by atoms with Gasteiger partial charge in [-0.05, 0) is 58.8 Å². The van der Waals surface area contributed by atoms with Crippen molar-refractivity contribution in [3.63, 3.8) is 0 Å². The van der Waals surface area contributed by atoms with E-state index in [9.17, 15) is 0 Å². The molecule has 0 amide bonds. The molecule has 0 atom stereocenters. The lowest BCUT2D eigenvalue weighted by Gasteiger charge is -2.29. The van der Waals surface area contributed by atoms with Gasteiger partial charge in [0.2, 0.25) is 0 Å². The van der Waals surface area contributed by atoms with Crippen molar-refractivity contribution < 1.29 is 0 Å². The van der Waals surface area contributed by atoms with Gasteiger partial charge >= 0.3 is 0 Å². The maximum atomic E-state index is 4.94. The van der Waals surface area contributed by atoms with Gasteiger partial charge in [-0.25, -0.2) is 4.98 Å². The predicted molar refractivity (Wildman–Crippen MR) is 79.6 cm³/mol. The van der Waals surface area contributed by atoms with Crippen molar-refractivity contribution in [2.24, 2.45) is 0 Å². The van der Waals surface area contributed by atoms with Gasteiger partial charge in [0.25, 0.3) is 0 Å². The first-order valence-corrected chi connectivity index (χ1v) is 7.26. The normalized spacial score (nSPS) is 18.1. The summed E-state index contributed by atoms with van der Waals surface area (Å²) in [5.74, 6) is 1.86. The van der Waals surface area contributed by atoms with Crippen LogP contribution < -0.4 is 5.32 Å². The Morgan fingerprint density at radius 2 is 1.84 bits per heavy atom. The topological polar surface area (TPSA) is 29.9 Å². The summed E-state index contributed by atoms with van der Waals surface area (Å²) in [6.07, 6.45) is 2.39. The second-order valence-electron chi connectivity index (χ2n) is 6.49.